The Morgan fingerprint density at radius 1 is 1.45 bits per heavy atom. The van der Waals surface area contributed by atoms with Crippen molar-refractivity contribution in [2.75, 3.05) is 0 Å². The third kappa shape index (κ3) is 1.24. The lowest BCUT2D eigenvalue weighted by Crippen LogP contribution is -2.47. The zero-order chi connectivity index (χ0) is 8.70. The number of halogens is 3. The summed E-state index contributed by atoms with van der Waals surface area (Å²) in [6, 6.07) is 0. The van der Waals surface area contributed by atoms with Crippen molar-refractivity contribution in [1.82, 2.24) is 0 Å². The second-order valence-corrected chi connectivity index (χ2v) is 3.22. The van der Waals surface area contributed by atoms with E-state index < -0.39 is 17.7 Å². The molecule has 4 heteroatoms. The lowest BCUT2D eigenvalue weighted by molar-refractivity contribution is -0.270. The van der Waals surface area contributed by atoms with Gasteiger partial charge in [-0.1, -0.05) is 6.92 Å². The Hall–Kier alpha value is -0.250. The number of aliphatic hydroxyl groups is 1. The molecule has 2 unspecified atom stereocenters. The SMILES string of the molecule is CC1CCCC1(O)C(F)(F)F. The van der Waals surface area contributed by atoms with Gasteiger partial charge in [-0.15, -0.1) is 0 Å². The van der Waals surface area contributed by atoms with E-state index in [1.807, 2.05) is 0 Å². The van der Waals surface area contributed by atoms with Crippen LogP contribution in [0.25, 0.3) is 0 Å². The molecule has 11 heavy (non-hydrogen) atoms. The summed E-state index contributed by atoms with van der Waals surface area (Å²) in [6.45, 7) is 1.44. The summed E-state index contributed by atoms with van der Waals surface area (Å²) in [5.74, 6) is -0.650. The first-order valence-electron chi connectivity index (χ1n) is 3.67. The molecule has 1 nitrogen and oxygen atoms in total. The Kier molecular flexibility index (Phi) is 1.90. The van der Waals surface area contributed by atoms with E-state index in [1.165, 1.54) is 6.92 Å². The molecule has 0 aliphatic heterocycles. The maximum Gasteiger partial charge on any atom is 0.417 e. The zero-order valence-corrected chi connectivity index (χ0v) is 6.28. The average Bonchev–Trinajstić information content (AvgIpc) is 2.12. The molecule has 1 fully saturated rings. The summed E-state index contributed by atoms with van der Waals surface area (Å²) in [5.41, 5.74) is -2.41. The standard InChI is InChI=1S/C7H11F3O/c1-5-3-2-4-6(5,11)7(8,9)10/h5,11H,2-4H2,1H3. The molecule has 0 aromatic rings. The highest BCUT2D eigenvalue weighted by Gasteiger charge is 2.58. The van der Waals surface area contributed by atoms with Gasteiger partial charge in [0.2, 0.25) is 0 Å². The van der Waals surface area contributed by atoms with Gasteiger partial charge < -0.3 is 5.11 Å². The molecule has 0 saturated heterocycles. The van der Waals surface area contributed by atoms with Gasteiger partial charge in [-0.05, 0) is 25.2 Å². The van der Waals surface area contributed by atoms with E-state index in [4.69, 9.17) is 0 Å². The van der Waals surface area contributed by atoms with Crippen LogP contribution in [-0.4, -0.2) is 16.9 Å². The normalized spacial score (nSPS) is 39.5. The van der Waals surface area contributed by atoms with Crippen molar-refractivity contribution in [3.63, 3.8) is 0 Å². The lowest BCUT2D eigenvalue weighted by Gasteiger charge is -2.29. The summed E-state index contributed by atoms with van der Waals surface area (Å²) >= 11 is 0. The molecular weight excluding hydrogens is 157 g/mol. The minimum atomic E-state index is -4.46. The largest absolute Gasteiger partial charge is 0.417 e. The van der Waals surface area contributed by atoms with Gasteiger partial charge in [-0.3, -0.25) is 0 Å². The van der Waals surface area contributed by atoms with Crippen molar-refractivity contribution in [3.05, 3.63) is 0 Å². The lowest BCUT2D eigenvalue weighted by atomic mass is 9.92. The fourth-order valence-electron chi connectivity index (χ4n) is 1.58. The average molecular weight is 168 g/mol. The van der Waals surface area contributed by atoms with E-state index in [1.54, 1.807) is 0 Å². The smallest absolute Gasteiger partial charge is 0.380 e. The van der Waals surface area contributed by atoms with E-state index in [0.29, 0.717) is 12.8 Å². The molecule has 1 aliphatic carbocycles. The van der Waals surface area contributed by atoms with Crippen LogP contribution in [0.5, 0.6) is 0 Å². The summed E-state index contributed by atoms with van der Waals surface area (Å²) in [7, 11) is 0. The van der Waals surface area contributed by atoms with Crippen LogP contribution in [-0.2, 0) is 0 Å². The summed E-state index contributed by atoms with van der Waals surface area (Å²) in [5, 5.41) is 9.17. The minimum Gasteiger partial charge on any atom is -0.380 e. The van der Waals surface area contributed by atoms with Gasteiger partial charge >= 0.3 is 6.18 Å². The second kappa shape index (κ2) is 2.37. The van der Waals surface area contributed by atoms with Gasteiger partial charge in [0.1, 0.15) is 0 Å². The molecule has 0 spiro atoms. The van der Waals surface area contributed by atoms with Crippen molar-refractivity contribution in [2.24, 2.45) is 5.92 Å². The molecule has 1 aliphatic rings. The maximum atomic E-state index is 12.1. The Labute approximate surface area is 63.2 Å². The van der Waals surface area contributed by atoms with Gasteiger partial charge in [0.25, 0.3) is 0 Å². The topological polar surface area (TPSA) is 20.2 Å². The van der Waals surface area contributed by atoms with Gasteiger partial charge in [-0.25, -0.2) is 0 Å². The molecule has 0 radical (unpaired) electrons. The van der Waals surface area contributed by atoms with Crippen molar-refractivity contribution in [1.29, 1.82) is 0 Å². The monoisotopic (exact) mass is 168 g/mol. The molecule has 0 bridgehead atoms. The van der Waals surface area contributed by atoms with Crippen LogP contribution >= 0.6 is 0 Å². The van der Waals surface area contributed by atoms with Crippen LogP contribution in [0, 0.1) is 5.92 Å². The first kappa shape index (κ1) is 8.84. The summed E-state index contributed by atoms with van der Waals surface area (Å²) in [6.07, 6.45) is -3.66. The predicted molar refractivity (Wildman–Crippen MR) is 34.0 cm³/mol. The zero-order valence-electron chi connectivity index (χ0n) is 6.28. The maximum absolute atomic E-state index is 12.1. The first-order valence-corrected chi connectivity index (χ1v) is 3.67. The highest BCUT2D eigenvalue weighted by Crippen LogP contribution is 2.46. The minimum absolute atomic E-state index is 0.141. The Balaban J connectivity index is 2.81. The van der Waals surface area contributed by atoms with Crippen molar-refractivity contribution in [3.8, 4) is 0 Å². The van der Waals surface area contributed by atoms with Gasteiger partial charge in [0.05, 0.1) is 0 Å². The van der Waals surface area contributed by atoms with Crippen LogP contribution in [0.15, 0.2) is 0 Å². The quantitative estimate of drug-likeness (QED) is 0.587. The Bertz CT molecular complexity index is 154. The fourth-order valence-corrected chi connectivity index (χ4v) is 1.58. The third-order valence-electron chi connectivity index (χ3n) is 2.50. The molecule has 1 saturated carbocycles. The number of hydrogen-bond donors (Lipinski definition) is 1. The predicted octanol–water partition coefficient (Wildman–Crippen LogP) is 2.10. The van der Waals surface area contributed by atoms with Crippen molar-refractivity contribution < 1.29 is 18.3 Å². The molecule has 1 N–H and O–H groups in total. The number of hydrogen-bond acceptors (Lipinski definition) is 1. The van der Waals surface area contributed by atoms with E-state index in [-0.39, 0.29) is 6.42 Å². The van der Waals surface area contributed by atoms with Crippen LogP contribution in [0.1, 0.15) is 26.2 Å². The van der Waals surface area contributed by atoms with Gasteiger partial charge in [0.15, 0.2) is 5.60 Å². The van der Waals surface area contributed by atoms with Gasteiger partial charge in [-0.2, -0.15) is 13.2 Å². The van der Waals surface area contributed by atoms with Crippen LogP contribution in [0.3, 0.4) is 0 Å². The highest BCUT2D eigenvalue weighted by atomic mass is 19.4. The fraction of sp³-hybridized carbons (Fsp3) is 1.00. The number of alkyl halides is 3. The molecule has 0 heterocycles. The molecular formula is C7H11F3O. The molecule has 1 rings (SSSR count). The number of rotatable bonds is 0. The van der Waals surface area contributed by atoms with Crippen molar-refractivity contribution in [2.45, 2.75) is 38.0 Å². The molecule has 0 aromatic heterocycles. The van der Waals surface area contributed by atoms with E-state index in [0.717, 1.165) is 0 Å². The Morgan fingerprint density at radius 2 is 2.00 bits per heavy atom. The highest BCUT2D eigenvalue weighted by molar-refractivity contribution is 4.95. The van der Waals surface area contributed by atoms with E-state index >= 15 is 0 Å². The second-order valence-electron chi connectivity index (χ2n) is 3.22. The summed E-state index contributed by atoms with van der Waals surface area (Å²) in [4.78, 5) is 0. The van der Waals surface area contributed by atoms with E-state index in [9.17, 15) is 18.3 Å². The van der Waals surface area contributed by atoms with Crippen LogP contribution in [0.4, 0.5) is 13.2 Å². The summed E-state index contributed by atoms with van der Waals surface area (Å²) < 4.78 is 36.4. The molecule has 2 atom stereocenters. The molecule has 0 amide bonds. The van der Waals surface area contributed by atoms with Crippen LogP contribution in [0.2, 0.25) is 0 Å². The van der Waals surface area contributed by atoms with Crippen molar-refractivity contribution >= 4 is 0 Å². The molecule has 66 valence electrons. The first-order chi connectivity index (χ1) is 4.88. The Morgan fingerprint density at radius 3 is 2.18 bits per heavy atom. The third-order valence-corrected chi connectivity index (χ3v) is 2.50. The van der Waals surface area contributed by atoms with Gasteiger partial charge in [0, 0.05) is 0 Å². The molecule has 0 aromatic carbocycles. The van der Waals surface area contributed by atoms with E-state index in [2.05, 4.69) is 0 Å². The van der Waals surface area contributed by atoms with Crippen LogP contribution < -0.4 is 0 Å².